The van der Waals surface area contributed by atoms with E-state index in [0.29, 0.717) is 24.3 Å². The number of benzene rings is 2. The minimum absolute atomic E-state index is 0.0244. The second-order valence-electron chi connectivity index (χ2n) is 8.26. The Balaban J connectivity index is 1.57. The maximum absolute atomic E-state index is 13.3. The molecule has 11 heteroatoms. The maximum atomic E-state index is 13.3. The average Bonchev–Trinajstić information content (AvgIpc) is 2.81. The summed E-state index contributed by atoms with van der Waals surface area (Å²) in [5, 5.41) is 9.06. The van der Waals surface area contributed by atoms with E-state index < -0.39 is 28.2 Å². The number of methoxy groups -OCH3 is 1. The number of fused-ring (bicyclic) bond motifs is 2. The Morgan fingerprint density at radius 2 is 2.03 bits per heavy atom. The van der Waals surface area contributed by atoms with Crippen LogP contribution in [0.1, 0.15) is 29.6 Å². The first-order chi connectivity index (χ1) is 16.2. The number of anilines is 1. The standard InChI is InChI=1S/C23H26N2O8S/c1-25-19-8-7-16(12-22(26)27)33-21(19)13-32-20-9-6-14(10-18(20)23(25)28)24-34(29,30)17-5-3-4-15(11-17)31-2/h3-6,9-11,16,19,21,24H,7-8,12-13H2,1-2H3,(H,26,27)/t16-,19-,21+/m0/s1. The van der Waals surface area contributed by atoms with Crippen molar-refractivity contribution in [2.45, 2.75) is 42.4 Å². The number of carboxylic acids is 1. The lowest BCUT2D eigenvalue weighted by Gasteiger charge is -2.42. The number of carboxylic acid groups (broad SMARTS) is 1. The summed E-state index contributed by atoms with van der Waals surface area (Å²) in [5.41, 5.74) is 0.435. The third-order valence-corrected chi connectivity index (χ3v) is 7.40. The molecule has 34 heavy (non-hydrogen) atoms. The fraction of sp³-hybridized carbons (Fsp3) is 0.391. The summed E-state index contributed by atoms with van der Waals surface area (Å²) in [6.45, 7) is 0.139. The van der Waals surface area contributed by atoms with Gasteiger partial charge in [-0.25, -0.2) is 8.42 Å². The second-order valence-corrected chi connectivity index (χ2v) is 9.94. The first-order valence-corrected chi connectivity index (χ1v) is 12.2. The molecule has 2 aliphatic rings. The van der Waals surface area contributed by atoms with E-state index in [4.69, 9.17) is 19.3 Å². The summed E-state index contributed by atoms with van der Waals surface area (Å²) in [4.78, 5) is 25.9. The summed E-state index contributed by atoms with van der Waals surface area (Å²) in [5.74, 6) is -0.578. The van der Waals surface area contributed by atoms with Gasteiger partial charge in [-0.15, -0.1) is 0 Å². The van der Waals surface area contributed by atoms with Crippen molar-refractivity contribution >= 4 is 27.6 Å². The molecule has 4 rings (SSSR count). The Bertz CT molecular complexity index is 1200. The predicted molar refractivity (Wildman–Crippen MR) is 122 cm³/mol. The molecule has 0 bridgehead atoms. The molecule has 182 valence electrons. The fourth-order valence-corrected chi connectivity index (χ4v) is 5.35. The van der Waals surface area contributed by atoms with Crippen molar-refractivity contribution in [3.63, 3.8) is 0 Å². The Morgan fingerprint density at radius 3 is 2.76 bits per heavy atom. The van der Waals surface area contributed by atoms with Gasteiger partial charge < -0.3 is 24.2 Å². The Hall–Kier alpha value is -3.31. The number of rotatable bonds is 6. The summed E-state index contributed by atoms with van der Waals surface area (Å²) in [6, 6.07) is 10.3. The zero-order valence-corrected chi connectivity index (χ0v) is 19.6. The van der Waals surface area contributed by atoms with Gasteiger partial charge in [0.1, 0.15) is 24.2 Å². The molecule has 3 atom stereocenters. The molecule has 0 radical (unpaired) electrons. The molecule has 2 N–H and O–H groups in total. The van der Waals surface area contributed by atoms with Crippen molar-refractivity contribution in [3.8, 4) is 11.5 Å². The lowest BCUT2D eigenvalue weighted by Crippen LogP contribution is -2.53. The number of hydrogen-bond acceptors (Lipinski definition) is 7. The van der Waals surface area contributed by atoms with Crippen molar-refractivity contribution in [3.05, 3.63) is 48.0 Å². The van der Waals surface area contributed by atoms with Gasteiger partial charge in [-0.1, -0.05) is 6.07 Å². The van der Waals surface area contributed by atoms with Gasteiger partial charge in [0.15, 0.2) is 0 Å². The molecule has 0 spiro atoms. The number of nitrogens with zero attached hydrogens (tertiary/aromatic N) is 1. The highest BCUT2D eigenvalue weighted by Crippen LogP contribution is 2.33. The number of nitrogens with one attached hydrogen (secondary N) is 1. The van der Waals surface area contributed by atoms with Gasteiger partial charge in [0.25, 0.3) is 15.9 Å². The van der Waals surface area contributed by atoms with Gasteiger partial charge in [0, 0.05) is 18.8 Å². The largest absolute Gasteiger partial charge is 0.497 e. The first kappa shape index (κ1) is 23.8. The topological polar surface area (TPSA) is 131 Å². The molecule has 1 saturated heterocycles. The van der Waals surface area contributed by atoms with Crippen LogP contribution in [-0.2, 0) is 19.6 Å². The number of likely N-dealkylation sites (N-methyl/N-ethyl adjacent to an activating group) is 1. The van der Waals surface area contributed by atoms with Crippen LogP contribution in [-0.4, -0.2) is 69.3 Å². The van der Waals surface area contributed by atoms with E-state index in [9.17, 15) is 18.0 Å². The van der Waals surface area contributed by atoms with Gasteiger partial charge in [-0.05, 0) is 43.2 Å². The van der Waals surface area contributed by atoms with Crippen LogP contribution in [0.3, 0.4) is 0 Å². The molecule has 0 saturated carbocycles. The number of carbonyl (C=O) groups is 2. The summed E-state index contributed by atoms with van der Waals surface area (Å²) >= 11 is 0. The lowest BCUT2D eigenvalue weighted by molar-refractivity contribution is -0.148. The van der Waals surface area contributed by atoms with Crippen molar-refractivity contribution in [2.75, 3.05) is 25.5 Å². The van der Waals surface area contributed by atoms with Gasteiger partial charge in [-0.3, -0.25) is 14.3 Å². The summed E-state index contributed by atoms with van der Waals surface area (Å²) < 4.78 is 45.1. The zero-order valence-electron chi connectivity index (χ0n) is 18.8. The van der Waals surface area contributed by atoms with E-state index in [-0.39, 0.29) is 41.1 Å². The normalized spacial score (nSPS) is 22.5. The van der Waals surface area contributed by atoms with Crippen LogP contribution in [0, 0.1) is 0 Å². The molecule has 0 aromatic heterocycles. The fourth-order valence-electron chi connectivity index (χ4n) is 4.27. The number of amides is 1. The van der Waals surface area contributed by atoms with Crippen molar-refractivity contribution in [2.24, 2.45) is 0 Å². The van der Waals surface area contributed by atoms with Crippen molar-refractivity contribution in [1.82, 2.24) is 4.90 Å². The van der Waals surface area contributed by atoms with E-state index in [1.807, 2.05) is 0 Å². The molecule has 0 aliphatic carbocycles. The van der Waals surface area contributed by atoms with Crippen LogP contribution in [0.2, 0.25) is 0 Å². The number of ether oxygens (including phenoxy) is 3. The molecular formula is C23H26N2O8S. The molecule has 1 amide bonds. The summed E-state index contributed by atoms with van der Waals surface area (Å²) in [6.07, 6.45) is 0.0859. The molecule has 2 aromatic carbocycles. The Labute approximate surface area is 197 Å². The molecule has 0 unspecified atom stereocenters. The van der Waals surface area contributed by atoms with Gasteiger partial charge in [0.2, 0.25) is 0 Å². The highest BCUT2D eigenvalue weighted by Gasteiger charge is 2.39. The SMILES string of the molecule is COc1cccc(S(=O)(=O)Nc2ccc3c(c2)C(=O)N(C)[C@H]2CC[C@@H](CC(=O)O)O[C@@H]2CO3)c1. The Morgan fingerprint density at radius 1 is 1.24 bits per heavy atom. The third kappa shape index (κ3) is 4.95. The highest BCUT2D eigenvalue weighted by molar-refractivity contribution is 7.92. The number of aliphatic carboxylic acids is 1. The maximum Gasteiger partial charge on any atom is 0.305 e. The Kier molecular flexibility index (Phi) is 6.67. The lowest BCUT2D eigenvalue weighted by atomic mass is 9.95. The minimum atomic E-state index is -3.92. The molecular weight excluding hydrogens is 464 g/mol. The number of hydrogen-bond donors (Lipinski definition) is 2. The average molecular weight is 491 g/mol. The van der Waals surface area contributed by atoms with E-state index >= 15 is 0 Å². The van der Waals surface area contributed by atoms with Crippen LogP contribution in [0.4, 0.5) is 5.69 Å². The van der Waals surface area contributed by atoms with Gasteiger partial charge in [-0.2, -0.15) is 0 Å². The summed E-state index contributed by atoms with van der Waals surface area (Å²) in [7, 11) is -0.814. The molecule has 1 fully saturated rings. The van der Waals surface area contributed by atoms with Crippen LogP contribution in [0.5, 0.6) is 11.5 Å². The smallest absolute Gasteiger partial charge is 0.305 e. The zero-order chi connectivity index (χ0) is 24.5. The second kappa shape index (κ2) is 9.51. The predicted octanol–water partition coefficient (Wildman–Crippen LogP) is 2.35. The van der Waals surface area contributed by atoms with E-state index in [1.165, 1.54) is 37.4 Å². The van der Waals surface area contributed by atoms with E-state index in [1.54, 1.807) is 24.1 Å². The first-order valence-electron chi connectivity index (χ1n) is 10.8. The van der Waals surface area contributed by atoms with Crippen LogP contribution in [0.25, 0.3) is 0 Å². The van der Waals surface area contributed by atoms with Crippen LogP contribution >= 0.6 is 0 Å². The van der Waals surface area contributed by atoms with Crippen LogP contribution in [0.15, 0.2) is 47.4 Å². The molecule has 2 heterocycles. The van der Waals surface area contributed by atoms with Crippen molar-refractivity contribution in [1.29, 1.82) is 0 Å². The van der Waals surface area contributed by atoms with Crippen molar-refractivity contribution < 1.29 is 37.3 Å². The quantitative estimate of drug-likeness (QED) is 0.631. The van der Waals surface area contributed by atoms with Gasteiger partial charge in [0.05, 0.1) is 36.1 Å². The number of carbonyl (C=O) groups excluding carboxylic acids is 1. The third-order valence-electron chi connectivity index (χ3n) is 6.02. The minimum Gasteiger partial charge on any atom is -0.497 e. The van der Waals surface area contributed by atoms with E-state index in [2.05, 4.69) is 4.72 Å². The van der Waals surface area contributed by atoms with Gasteiger partial charge >= 0.3 is 5.97 Å². The van der Waals surface area contributed by atoms with E-state index in [0.717, 1.165) is 0 Å². The highest BCUT2D eigenvalue weighted by atomic mass is 32.2. The number of sulfonamides is 1. The molecule has 2 aromatic rings. The monoisotopic (exact) mass is 490 g/mol. The molecule has 2 aliphatic heterocycles. The van der Waals surface area contributed by atoms with Crippen LogP contribution < -0.4 is 14.2 Å². The molecule has 10 nitrogen and oxygen atoms in total.